The zero-order chi connectivity index (χ0) is 36.4. The summed E-state index contributed by atoms with van der Waals surface area (Å²) in [5.41, 5.74) is 9.81. The van der Waals surface area contributed by atoms with Gasteiger partial charge in [-0.3, -0.25) is 9.78 Å². The standard InChI is InChI=1S/C30H26NO.C16H31NO.Ir/c1-29(2,3)22-17-24(31-23-15-8-6-11-18(22)23)19-13-10-14-21-26(19)30(4,5)27-20-12-7-9-16-25(20)32-28(21)27;1-7-13(8-2)15(17-12(5)6)11-16(18)14(9-3)10-4;/h6-12,14-17H,1-5H3;11-14H,7-10H2,1-6H3,(H,17,18);/q-1;;/p-1. The fourth-order valence-corrected chi connectivity index (χ4v) is 7.66. The predicted octanol–water partition coefficient (Wildman–Crippen LogP) is 13.1. The number of para-hydroxylation sites is 2. The van der Waals surface area contributed by atoms with E-state index in [1.807, 2.05) is 18.2 Å². The Labute approximate surface area is 320 Å². The number of allylic oxidation sites excluding steroid dienone is 2. The van der Waals surface area contributed by atoms with Crippen LogP contribution in [0.15, 0.2) is 82.9 Å². The van der Waals surface area contributed by atoms with Crippen LogP contribution in [0.25, 0.3) is 49.8 Å². The van der Waals surface area contributed by atoms with Gasteiger partial charge in [0.2, 0.25) is 0 Å². The van der Waals surface area contributed by atoms with E-state index in [1.165, 1.54) is 27.5 Å². The molecule has 0 saturated carbocycles. The van der Waals surface area contributed by atoms with Crippen LogP contribution < -0.4 is 0 Å². The Hall–Kier alpha value is -3.53. The average Bonchev–Trinajstić information content (AvgIpc) is 3.58. The van der Waals surface area contributed by atoms with Crippen molar-refractivity contribution in [3.05, 3.63) is 107 Å². The first-order valence-corrected chi connectivity index (χ1v) is 18.7. The quantitative estimate of drug-likeness (QED) is 0.104. The molecule has 0 saturated heterocycles. The molecule has 0 fully saturated rings. The Bertz CT molecular complexity index is 2000. The van der Waals surface area contributed by atoms with Gasteiger partial charge in [-0.25, -0.2) is 0 Å². The van der Waals surface area contributed by atoms with E-state index >= 15 is 0 Å². The number of nitrogens with zero attached hydrogens (tertiary/aromatic N) is 2. The Morgan fingerprint density at radius 1 is 0.882 bits per heavy atom. The minimum Gasteiger partial charge on any atom is -0.685 e. The number of aromatic nitrogens is 1. The molecule has 2 heterocycles. The summed E-state index contributed by atoms with van der Waals surface area (Å²) in [6.45, 7) is 24.0. The summed E-state index contributed by atoms with van der Waals surface area (Å²) in [4.78, 5) is 17.3. The molecule has 3 aromatic carbocycles. The Kier molecular flexibility index (Phi) is 13.0. The molecule has 1 aliphatic carbocycles. The van der Waals surface area contributed by atoms with Crippen LogP contribution >= 0.6 is 0 Å². The number of fused-ring (bicyclic) bond motifs is 6. The summed E-state index contributed by atoms with van der Waals surface area (Å²) in [5, 5.41) is 7.06. The zero-order valence-corrected chi connectivity index (χ0v) is 34.9. The number of pyridine rings is 1. The van der Waals surface area contributed by atoms with Crippen molar-refractivity contribution in [3.63, 3.8) is 0 Å². The SMILES string of the molecule is CC(C)(C)c1cc(-c2[c-]ccc3c2C(C)(C)c2c-3oc3ccccc23)nc2ccccc12.CCC(CC)C(=O)/C=C(\[N-]C(C)C)C(CC)CC.[Ir]. The molecule has 0 spiro atoms. The van der Waals surface area contributed by atoms with Crippen LogP contribution in [0.4, 0.5) is 0 Å². The number of ketones is 1. The van der Waals surface area contributed by atoms with Crippen molar-refractivity contribution in [2.45, 2.75) is 119 Å². The van der Waals surface area contributed by atoms with E-state index in [2.05, 4.69) is 142 Å². The predicted molar refractivity (Wildman–Crippen MR) is 212 cm³/mol. The molecular formula is C46H56IrN2O2-2. The Balaban J connectivity index is 0.000000266. The summed E-state index contributed by atoms with van der Waals surface area (Å²) in [6.07, 6.45) is 5.76. The second-order valence-corrected chi connectivity index (χ2v) is 15.6. The Morgan fingerprint density at radius 3 is 2.10 bits per heavy atom. The molecule has 5 heteroatoms. The normalized spacial score (nSPS) is 13.6. The maximum absolute atomic E-state index is 12.2. The molecule has 0 aliphatic heterocycles. The van der Waals surface area contributed by atoms with Crippen molar-refractivity contribution in [1.82, 2.24) is 4.98 Å². The second-order valence-electron chi connectivity index (χ2n) is 15.6. The van der Waals surface area contributed by atoms with Crippen LogP contribution in [0.5, 0.6) is 0 Å². The molecule has 1 radical (unpaired) electrons. The first-order chi connectivity index (χ1) is 23.8. The summed E-state index contributed by atoms with van der Waals surface area (Å²) in [6, 6.07) is 27.0. The van der Waals surface area contributed by atoms with Gasteiger partial charge in [-0.15, -0.1) is 35.4 Å². The molecule has 0 N–H and O–H groups in total. The van der Waals surface area contributed by atoms with Gasteiger partial charge in [0.15, 0.2) is 5.78 Å². The summed E-state index contributed by atoms with van der Waals surface area (Å²) in [7, 11) is 0. The van der Waals surface area contributed by atoms with E-state index in [1.54, 1.807) is 0 Å². The van der Waals surface area contributed by atoms with Gasteiger partial charge >= 0.3 is 0 Å². The number of furan rings is 1. The average molecular weight is 861 g/mol. The first kappa shape index (κ1) is 40.2. The molecule has 2 aromatic heterocycles. The minimum absolute atomic E-state index is 0. The molecule has 0 atom stereocenters. The minimum atomic E-state index is -0.209. The molecule has 51 heavy (non-hydrogen) atoms. The van der Waals surface area contributed by atoms with Gasteiger partial charge in [0.05, 0.1) is 5.52 Å². The fraction of sp³-hybridized carbons (Fsp3) is 0.435. The van der Waals surface area contributed by atoms with E-state index in [9.17, 15) is 4.79 Å². The van der Waals surface area contributed by atoms with Crippen molar-refractivity contribution >= 4 is 27.7 Å². The van der Waals surface area contributed by atoms with Crippen LogP contribution in [0.3, 0.4) is 0 Å². The van der Waals surface area contributed by atoms with Crippen LogP contribution in [-0.2, 0) is 35.7 Å². The van der Waals surface area contributed by atoms with E-state index in [0.29, 0.717) is 5.92 Å². The first-order valence-electron chi connectivity index (χ1n) is 18.7. The summed E-state index contributed by atoms with van der Waals surface area (Å²) < 4.78 is 6.38. The fourth-order valence-electron chi connectivity index (χ4n) is 7.66. The molecular weight excluding hydrogens is 805 g/mol. The molecule has 5 aromatic rings. The molecule has 4 nitrogen and oxygen atoms in total. The van der Waals surface area contributed by atoms with Gasteiger partial charge in [-0.1, -0.05) is 137 Å². The maximum Gasteiger partial charge on any atom is 0.157 e. The topological polar surface area (TPSA) is 57.2 Å². The van der Waals surface area contributed by atoms with Gasteiger partial charge in [0.1, 0.15) is 11.3 Å². The molecule has 273 valence electrons. The van der Waals surface area contributed by atoms with Gasteiger partial charge in [-0.05, 0) is 59.1 Å². The molecule has 0 amide bonds. The van der Waals surface area contributed by atoms with Crippen molar-refractivity contribution in [2.24, 2.45) is 11.8 Å². The van der Waals surface area contributed by atoms with Gasteiger partial charge in [-0.2, -0.15) is 5.70 Å². The van der Waals surface area contributed by atoms with Gasteiger partial charge in [0, 0.05) is 42.4 Å². The van der Waals surface area contributed by atoms with Crippen LogP contribution in [0.2, 0.25) is 0 Å². The molecule has 0 bridgehead atoms. The molecule has 1 aliphatic rings. The van der Waals surface area contributed by atoms with E-state index in [-0.39, 0.29) is 48.7 Å². The number of hydrogen-bond donors (Lipinski definition) is 0. The van der Waals surface area contributed by atoms with E-state index in [0.717, 1.165) is 65.1 Å². The molecule has 0 unspecified atom stereocenters. The summed E-state index contributed by atoms with van der Waals surface area (Å²) in [5.74, 6) is 1.83. The third-order valence-corrected chi connectivity index (χ3v) is 10.4. The van der Waals surface area contributed by atoms with Crippen LogP contribution in [0, 0.1) is 17.9 Å². The number of carbonyl (C=O) groups excluding carboxylic acids is 1. The Morgan fingerprint density at radius 2 is 1.49 bits per heavy atom. The van der Waals surface area contributed by atoms with Crippen molar-refractivity contribution in [3.8, 4) is 22.6 Å². The number of benzene rings is 3. The van der Waals surface area contributed by atoms with Gasteiger partial charge < -0.3 is 9.73 Å². The maximum atomic E-state index is 12.2. The van der Waals surface area contributed by atoms with Gasteiger partial charge in [0.25, 0.3) is 0 Å². The van der Waals surface area contributed by atoms with Crippen LogP contribution in [0.1, 0.15) is 119 Å². The third kappa shape index (κ3) is 8.11. The number of carbonyl (C=O) groups is 1. The van der Waals surface area contributed by atoms with Crippen molar-refractivity contribution in [2.75, 3.05) is 0 Å². The molecule has 6 rings (SSSR count). The summed E-state index contributed by atoms with van der Waals surface area (Å²) >= 11 is 0. The van der Waals surface area contributed by atoms with E-state index < -0.39 is 0 Å². The monoisotopic (exact) mass is 861 g/mol. The van der Waals surface area contributed by atoms with Crippen molar-refractivity contribution in [1.29, 1.82) is 0 Å². The van der Waals surface area contributed by atoms with Crippen molar-refractivity contribution < 1.29 is 29.3 Å². The smallest absolute Gasteiger partial charge is 0.157 e. The third-order valence-electron chi connectivity index (χ3n) is 10.4. The zero-order valence-electron chi connectivity index (χ0n) is 32.5. The second kappa shape index (κ2) is 16.4. The number of rotatable bonds is 10. The largest absolute Gasteiger partial charge is 0.685 e. The number of hydrogen-bond acceptors (Lipinski definition) is 3. The van der Waals surface area contributed by atoms with Crippen LogP contribution in [-0.4, -0.2) is 16.8 Å². The van der Waals surface area contributed by atoms with E-state index in [4.69, 9.17) is 9.40 Å².